The Hall–Kier alpha value is -0.780. The van der Waals surface area contributed by atoms with Gasteiger partial charge in [-0.3, -0.25) is 4.79 Å². The van der Waals surface area contributed by atoms with Crippen LogP contribution in [0.5, 0.6) is 0 Å². The summed E-state index contributed by atoms with van der Waals surface area (Å²) >= 11 is 5.02. The summed E-state index contributed by atoms with van der Waals surface area (Å²) < 4.78 is 0. The van der Waals surface area contributed by atoms with E-state index >= 15 is 0 Å². The molecule has 0 aliphatic heterocycles. The predicted molar refractivity (Wildman–Crippen MR) is 72.1 cm³/mol. The molecule has 0 aromatic carbocycles. The third kappa shape index (κ3) is 2.87. The fraction of sp³-hybridized carbons (Fsp3) is 0.182. The summed E-state index contributed by atoms with van der Waals surface area (Å²) in [6.45, 7) is 0. The predicted octanol–water partition coefficient (Wildman–Crippen LogP) is 3.12. The van der Waals surface area contributed by atoms with E-state index < -0.39 is 0 Å². The summed E-state index contributed by atoms with van der Waals surface area (Å²) in [5.74, 6) is 0.101. The summed E-state index contributed by atoms with van der Waals surface area (Å²) in [4.78, 5) is 13.4. The number of thiophene rings is 2. The van der Waals surface area contributed by atoms with E-state index in [0.29, 0.717) is 5.75 Å². The minimum absolute atomic E-state index is 0.243. The van der Waals surface area contributed by atoms with Crippen LogP contribution in [0.3, 0.4) is 0 Å². The van der Waals surface area contributed by atoms with Crippen LogP contribution in [0, 0.1) is 0 Å². The third-order valence-corrected chi connectivity index (χ3v) is 5.46. The topological polar surface area (TPSA) is 43.1 Å². The van der Waals surface area contributed by atoms with Crippen molar-refractivity contribution in [2.24, 2.45) is 5.73 Å². The molecule has 5 heteroatoms. The zero-order chi connectivity index (χ0) is 11.4. The van der Waals surface area contributed by atoms with Crippen molar-refractivity contribution in [2.45, 2.75) is 5.25 Å². The minimum atomic E-state index is -0.261. The molecule has 2 rings (SSSR count). The van der Waals surface area contributed by atoms with Crippen LogP contribution in [0.15, 0.2) is 35.0 Å². The Labute approximate surface area is 106 Å². The molecule has 2 aromatic rings. The molecule has 2 nitrogen and oxygen atoms in total. The van der Waals surface area contributed by atoms with Crippen molar-refractivity contribution in [3.8, 4) is 0 Å². The molecule has 0 aliphatic rings. The molecule has 0 atom stereocenters. The first-order valence-corrected chi connectivity index (χ1v) is 7.55. The summed E-state index contributed by atoms with van der Waals surface area (Å²) in [7, 11) is 0. The summed E-state index contributed by atoms with van der Waals surface area (Å²) in [5.41, 5.74) is 5.19. The van der Waals surface area contributed by atoms with Gasteiger partial charge in [-0.05, 0) is 22.9 Å². The van der Waals surface area contributed by atoms with Gasteiger partial charge in [0, 0.05) is 9.75 Å². The van der Waals surface area contributed by atoms with Crippen LogP contribution in [-0.4, -0.2) is 11.7 Å². The highest BCUT2D eigenvalue weighted by Crippen LogP contribution is 2.39. The molecule has 0 saturated heterocycles. The Morgan fingerprint density at radius 3 is 2.19 bits per heavy atom. The third-order valence-electron chi connectivity index (χ3n) is 2.00. The standard InChI is InChI=1S/C11H11NOS3/c12-10(13)7-16-11(8-3-1-5-14-8)9-4-2-6-15-9/h1-6,11H,7H2,(H2,12,13). The van der Waals surface area contributed by atoms with Crippen molar-refractivity contribution in [3.05, 3.63) is 44.8 Å². The van der Waals surface area contributed by atoms with Crippen LogP contribution >= 0.6 is 34.4 Å². The second-order valence-electron chi connectivity index (χ2n) is 3.19. The van der Waals surface area contributed by atoms with Gasteiger partial charge in [-0.25, -0.2) is 0 Å². The van der Waals surface area contributed by atoms with Gasteiger partial charge in [0.05, 0.1) is 11.0 Å². The van der Waals surface area contributed by atoms with Crippen molar-refractivity contribution in [2.75, 3.05) is 5.75 Å². The molecule has 0 aliphatic carbocycles. The van der Waals surface area contributed by atoms with E-state index in [1.807, 2.05) is 12.1 Å². The lowest BCUT2D eigenvalue weighted by Gasteiger charge is -2.12. The van der Waals surface area contributed by atoms with E-state index in [2.05, 4.69) is 22.9 Å². The molecular weight excluding hydrogens is 258 g/mol. The molecule has 2 N–H and O–H groups in total. The zero-order valence-electron chi connectivity index (χ0n) is 8.46. The van der Waals surface area contributed by atoms with Crippen LogP contribution in [-0.2, 0) is 4.79 Å². The van der Waals surface area contributed by atoms with Crippen LogP contribution in [0.25, 0.3) is 0 Å². The Balaban J connectivity index is 2.17. The van der Waals surface area contributed by atoms with Gasteiger partial charge in [0.25, 0.3) is 0 Å². The monoisotopic (exact) mass is 269 g/mol. The Morgan fingerprint density at radius 1 is 1.25 bits per heavy atom. The smallest absolute Gasteiger partial charge is 0.227 e. The Bertz CT molecular complexity index is 402. The van der Waals surface area contributed by atoms with Crippen molar-refractivity contribution < 1.29 is 4.79 Å². The lowest BCUT2D eigenvalue weighted by Crippen LogP contribution is -2.14. The molecule has 16 heavy (non-hydrogen) atoms. The number of hydrogen-bond donors (Lipinski definition) is 1. The molecule has 0 radical (unpaired) electrons. The summed E-state index contributed by atoms with van der Waals surface area (Å²) in [6.07, 6.45) is 0. The number of amides is 1. The van der Waals surface area contributed by atoms with Gasteiger partial charge >= 0.3 is 0 Å². The van der Waals surface area contributed by atoms with Crippen molar-refractivity contribution in [1.29, 1.82) is 0 Å². The average Bonchev–Trinajstić information content (AvgIpc) is 2.88. The fourth-order valence-electron chi connectivity index (χ4n) is 1.35. The lowest BCUT2D eigenvalue weighted by molar-refractivity contribution is -0.115. The first-order valence-electron chi connectivity index (χ1n) is 4.74. The maximum atomic E-state index is 10.9. The van der Waals surface area contributed by atoms with Crippen LogP contribution < -0.4 is 5.73 Å². The minimum Gasteiger partial charge on any atom is -0.369 e. The van der Waals surface area contributed by atoms with Gasteiger partial charge in [-0.15, -0.1) is 34.4 Å². The Kier molecular flexibility index (Phi) is 4.04. The normalized spacial score (nSPS) is 10.8. The SMILES string of the molecule is NC(=O)CSC(c1cccs1)c1cccs1. The maximum Gasteiger partial charge on any atom is 0.227 e. The lowest BCUT2D eigenvalue weighted by atomic mass is 10.3. The highest BCUT2D eigenvalue weighted by Gasteiger charge is 2.17. The molecule has 0 saturated carbocycles. The fourth-order valence-corrected chi connectivity index (χ4v) is 4.43. The number of primary amides is 1. The Morgan fingerprint density at radius 2 is 1.81 bits per heavy atom. The summed E-state index contributed by atoms with van der Waals surface area (Å²) in [6, 6.07) is 8.27. The molecule has 2 aromatic heterocycles. The van der Waals surface area contributed by atoms with Gasteiger partial charge in [0.1, 0.15) is 0 Å². The second kappa shape index (κ2) is 5.52. The second-order valence-corrected chi connectivity index (χ2v) is 6.24. The number of carbonyl (C=O) groups is 1. The van der Waals surface area contributed by atoms with E-state index in [1.165, 1.54) is 9.75 Å². The van der Waals surface area contributed by atoms with Gasteiger partial charge in [0.15, 0.2) is 0 Å². The number of rotatable bonds is 5. The highest BCUT2D eigenvalue weighted by atomic mass is 32.2. The van der Waals surface area contributed by atoms with Crippen molar-refractivity contribution >= 4 is 40.3 Å². The average molecular weight is 269 g/mol. The molecule has 0 fully saturated rings. The van der Waals surface area contributed by atoms with Gasteiger partial charge in [-0.1, -0.05) is 12.1 Å². The van der Waals surface area contributed by atoms with E-state index in [9.17, 15) is 4.79 Å². The van der Waals surface area contributed by atoms with Crippen molar-refractivity contribution in [1.82, 2.24) is 0 Å². The number of nitrogens with two attached hydrogens (primary N) is 1. The summed E-state index contributed by atoms with van der Waals surface area (Å²) in [5, 5.41) is 4.36. The largest absolute Gasteiger partial charge is 0.369 e. The van der Waals surface area contributed by atoms with E-state index in [4.69, 9.17) is 5.73 Å². The van der Waals surface area contributed by atoms with Crippen LogP contribution in [0.1, 0.15) is 15.0 Å². The van der Waals surface area contributed by atoms with E-state index in [1.54, 1.807) is 34.4 Å². The number of hydrogen-bond acceptors (Lipinski definition) is 4. The highest BCUT2D eigenvalue weighted by molar-refractivity contribution is 8.00. The number of thioether (sulfide) groups is 1. The maximum absolute atomic E-state index is 10.9. The van der Waals surface area contributed by atoms with Crippen LogP contribution in [0.2, 0.25) is 0 Å². The molecule has 0 unspecified atom stereocenters. The first-order chi connectivity index (χ1) is 7.77. The first kappa shape index (κ1) is 11.7. The zero-order valence-corrected chi connectivity index (χ0v) is 10.9. The van der Waals surface area contributed by atoms with Gasteiger partial charge in [-0.2, -0.15) is 0 Å². The molecule has 2 heterocycles. The van der Waals surface area contributed by atoms with Crippen LogP contribution in [0.4, 0.5) is 0 Å². The van der Waals surface area contributed by atoms with Crippen molar-refractivity contribution in [3.63, 3.8) is 0 Å². The molecule has 84 valence electrons. The molecular formula is C11H11NOS3. The van der Waals surface area contributed by atoms with Gasteiger partial charge in [0.2, 0.25) is 5.91 Å². The quantitative estimate of drug-likeness (QED) is 0.906. The van der Waals surface area contributed by atoms with E-state index in [0.717, 1.165) is 0 Å². The van der Waals surface area contributed by atoms with Gasteiger partial charge < -0.3 is 5.73 Å². The molecule has 1 amide bonds. The van der Waals surface area contributed by atoms with E-state index in [-0.39, 0.29) is 11.2 Å². The molecule has 0 spiro atoms. The number of carbonyl (C=O) groups excluding carboxylic acids is 1. The molecule has 0 bridgehead atoms.